The van der Waals surface area contributed by atoms with Crippen LogP contribution in [0.3, 0.4) is 0 Å². The molecule has 0 radical (unpaired) electrons. The highest BCUT2D eigenvalue weighted by molar-refractivity contribution is 6.30. The fraction of sp³-hybridized carbons (Fsp3) is 0.200. The van der Waals surface area contributed by atoms with Crippen LogP contribution in [0.15, 0.2) is 48.5 Å². The van der Waals surface area contributed by atoms with Crippen LogP contribution in [0.5, 0.6) is 11.5 Å². The number of hydrogen-bond donors (Lipinski definition) is 0. The predicted molar refractivity (Wildman–Crippen MR) is 99.8 cm³/mol. The van der Waals surface area contributed by atoms with Crippen LogP contribution < -0.4 is 9.47 Å². The fourth-order valence-electron chi connectivity index (χ4n) is 2.41. The Morgan fingerprint density at radius 2 is 1.81 bits per heavy atom. The summed E-state index contributed by atoms with van der Waals surface area (Å²) in [5, 5.41) is 1.27. The molecule has 0 aliphatic carbocycles. The van der Waals surface area contributed by atoms with Gasteiger partial charge in [0.05, 0.1) is 12.6 Å². The number of rotatable bonds is 6. The molecule has 1 heterocycles. The maximum Gasteiger partial charge on any atom is 0.344 e. The van der Waals surface area contributed by atoms with Gasteiger partial charge in [0.15, 0.2) is 6.61 Å². The van der Waals surface area contributed by atoms with Crippen molar-refractivity contribution in [2.24, 2.45) is 0 Å². The molecule has 0 bridgehead atoms. The SMILES string of the molecule is COc1ccc(OCC(=O)OCc2cc3ccc(C)cc3nc2Cl)cc1. The number of methoxy groups -OCH3 is 1. The molecular weight excluding hydrogens is 354 g/mol. The van der Waals surface area contributed by atoms with Gasteiger partial charge in [0.1, 0.15) is 23.3 Å². The number of hydrogen-bond acceptors (Lipinski definition) is 5. The second kappa shape index (κ2) is 8.06. The lowest BCUT2D eigenvalue weighted by Crippen LogP contribution is -2.15. The highest BCUT2D eigenvalue weighted by Gasteiger charge is 2.10. The number of carbonyl (C=O) groups is 1. The molecule has 0 saturated heterocycles. The van der Waals surface area contributed by atoms with Crippen molar-refractivity contribution in [1.29, 1.82) is 0 Å². The van der Waals surface area contributed by atoms with Gasteiger partial charge in [-0.3, -0.25) is 0 Å². The average Bonchev–Trinajstić information content (AvgIpc) is 2.65. The maximum absolute atomic E-state index is 11.9. The lowest BCUT2D eigenvalue weighted by molar-refractivity contribution is -0.147. The van der Waals surface area contributed by atoms with Crippen molar-refractivity contribution >= 4 is 28.5 Å². The first-order chi connectivity index (χ1) is 12.5. The molecule has 0 N–H and O–H groups in total. The number of nitrogens with zero attached hydrogens (tertiary/aromatic N) is 1. The number of fused-ring (bicyclic) bond motifs is 1. The van der Waals surface area contributed by atoms with Crippen molar-refractivity contribution in [2.45, 2.75) is 13.5 Å². The largest absolute Gasteiger partial charge is 0.497 e. The molecule has 1 aromatic heterocycles. The van der Waals surface area contributed by atoms with E-state index in [2.05, 4.69) is 4.98 Å². The minimum absolute atomic E-state index is 0.0421. The number of pyridine rings is 1. The van der Waals surface area contributed by atoms with Crippen molar-refractivity contribution < 1.29 is 19.0 Å². The first kappa shape index (κ1) is 18.0. The van der Waals surface area contributed by atoms with E-state index in [-0.39, 0.29) is 13.2 Å². The van der Waals surface area contributed by atoms with Crippen LogP contribution in [0.2, 0.25) is 5.15 Å². The molecule has 5 nitrogen and oxygen atoms in total. The van der Waals surface area contributed by atoms with E-state index in [9.17, 15) is 4.79 Å². The first-order valence-electron chi connectivity index (χ1n) is 8.03. The van der Waals surface area contributed by atoms with Gasteiger partial charge in [0, 0.05) is 10.9 Å². The number of esters is 1. The summed E-state index contributed by atoms with van der Waals surface area (Å²) in [4.78, 5) is 16.3. The Kier molecular flexibility index (Phi) is 5.58. The van der Waals surface area contributed by atoms with Crippen LogP contribution in [0.4, 0.5) is 0 Å². The monoisotopic (exact) mass is 371 g/mol. The molecular formula is C20H18ClNO4. The van der Waals surface area contributed by atoms with Gasteiger partial charge >= 0.3 is 5.97 Å². The van der Waals surface area contributed by atoms with E-state index in [0.717, 1.165) is 16.5 Å². The maximum atomic E-state index is 11.9. The molecule has 0 saturated carbocycles. The number of aromatic nitrogens is 1. The smallest absolute Gasteiger partial charge is 0.344 e. The Hall–Kier alpha value is -2.79. The quantitative estimate of drug-likeness (QED) is 0.477. The summed E-state index contributed by atoms with van der Waals surface area (Å²) in [6, 6.07) is 14.7. The van der Waals surface area contributed by atoms with E-state index in [0.29, 0.717) is 22.2 Å². The van der Waals surface area contributed by atoms with E-state index in [1.54, 1.807) is 31.4 Å². The van der Waals surface area contributed by atoms with Crippen LogP contribution in [0.25, 0.3) is 10.9 Å². The summed E-state index contributed by atoms with van der Waals surface area (Å²) in [5.41, 5.74) is 2.57. The van der Waals surface area contributed by atoms with Crippen LogP contribution >= 0.6 is 11.6 Å². The molecule has 2 aromatic carbocycles. The molecule has 0 amide bonds. The summed E-state index contributed by atoms with van der Waals surface area (Å²) in [6.07, 6.45) is 0. The Bertz CT molecular complexity index is 925. The highest BCUT2D eigenvalue weighted by Crippen LogP contribution is 2.22. The number of carbonyl (C=O) groups excluding carboxylic acids is 1. The zero-order valence-corrected chi connectivity index (χ0v) is 15.2. The van der Waals surface area contributed by atoms with Crippen molar-refractivity contribution in [3.8, 4) is 11.5 Å². The lowest BCUT2D eigenvalue weighted by Gasteiger charge is -2.09. The first-order valence-corrected chi connectivity index (χ1v) is 8.41. The standard InChI is InChI=1S/C20H18ClNO4/c1-13-3-4-14-10-15(20(21)22-18(14)9-13)11-26-19(23)12-25-17-7-5-16(24-2)6-8-17/h3-10H,11-12H2,1-2H3. The summed E-state index contributed by atoms with van der Waals surface area (Å²) in [5.74, 6) is 0.790. The Labute approximate surface area is 156 Å². The summed E-state index contributed by atoms with van der Waals surface area (Å²) in [6.45, 7) is 1.85. The Morgan fingerprint density at radius 3 is 2.54 bits per heavy atom. The molecule has 0 aliphatic heterocycles. The molecule has 3 aromatic rings. The van der Waals surface area contributed by atoms with Crippen molar-refractivity contribution in [2.75, 3.05) is 13.7 Å². The molecule has 0 spiro atoms. The molecule has 0 atom stereocenters. The zero-order valence-electron chi connectivity index (χ0n) is 14.5. The lowest BCUT2D eigenvalue weighted by atomic mass is 10.1. The Balaban J connectivity index is 1.57. The second-order valence-corrected chi connectivity index (χ2v) is 6.12. The molecule has 3 rings (SSSR count). The zero-order chi connectivity index (χ0) is 18.5. The molecule has 26 heavy (non-hydrogen) atoms. The van der Waals surface area contributed by atoms with E-state index >= 15 is 0 Å². The highest BCUT2D eigenvalue weighted by atomic mass is 35.5. The van der Waals surface area contributed by atoms with Crippen molar-refractivity contribution in [1.82, 2.24) is 4.98 Å². The Morgan fingerprint density at radius 1 is 1.08 bits per heavy atom. The topological polar surface area (TPSA) is 57.7 Å². The van der Waals surface area contributed by atoms with E-state index < -0.39 is 5.97 Å². The summed E-state index contributed by atoms with van der Waals surface area (Å²) >= 11 is 6.20. The number of aryl methyl sites for hydroxylation is 1. The second-order valence-electron chi connectivity index (χ2n) is 5.76. The third-order valence-corrected chi connectivity index (χ3v) is 4.13. The minimum Gasteiger partial charge on any atom is -0.497 e. The van der Waals surface area contributed by atoms with Gasteiger partial charge in [-0.05, 0) is 48.9 Å². The number of benzene rings is 2. The molecule has 6 heteroatoms. The van der Waals surface area contributed by atoms with Gasteiger partial charge in [0.25, 0.3) is 0 Å². The van der Waals surface area contributed by atoms with Crippen LogP contribution in [0.1, 0.15) is 11.1 Å². The average molecular weight is 372 g/mol. The van der Waals surface area contributed by atoms with Gasteiger partial charge < -0.3 is 14.2 Å². The molecule has 0 unspecified atom stereocenters. The molecule has 0 fully saturated rings. The molecule has 0 aliphatic rings. The molecule has 134 valence electrons. The number of halogens is 1. The van der Waals surface area contributed by atoms with Crippen molar-refractivity contribution in [3.05, 3.63) is 64.8 Å². The minimum atomic E-state index is -0.485. The van der Waals surface area contributed by atoms with Gasteiger partial charge in [-0.2, -0.15) is 0 Å². The van der Waals surface area contributed by atoms with Gasteiger partial charge in [-0.1, -0.05) is 23.7 Å². The van der Waals surface area contributed by atoms with Crippen LogP contribution in [-0.2, 0) is 16.1 Å². The van der Waals surface area contributed by atoms with Gasteiger partial charge in [0.2, 0.25) is 0 Å². The predicted octanol–water partition coefficient (Wildman–Crippen LogP) is 4.33. The van der Waals surface area contributed by atoms with Gasteiger partial charge in [-0.25, -0.2) is 9.78 Å². The van der Waals surface area contributed by atoms with Gasteiger partial charge in [-0.15, -0.1) is 0 Å². The van der Waals surface area contributed by atoms with E-state index in [1.165, 1.54) is 0 Å². The number of ether oxygens (including phenoxy) is 3. The van der Waals surface area contributed by atoms with Crippen LogP contribution in [0, 0.1) is 6.92 Å². The van der Waals surface area contributed by atoms with Crippen molar-refractivity contribution in [3.63, 3.8) is 0 Å². The fourth-order valence-corrected chi connectivity index (χ4v) is 2.61. The normalized spacial score (nSPS) is 10.6. The van der Waals surface area contributed by atoms with E-state index in [1.807, 2.05) is 31.2 Å². The summed E-state index contributed by atoms with van der Waals surface area (Å²) in [7, 11) is 1.58. The van der Waals surface area contributed by atoms with Crippen LogP contribution in [-0.4, -0.2) is 24.7 Å². The third-order valence-electron chi connectivity index (χ3n) is 3.80. The third kappa shape index (κ3) is 4.43. The van der Waals surface area contributed by atoms with E-state index in [4.69, 9.17) is 25.8 Å². The summed E-state index contributed by atoms with van der Waals surface area (Å²) < 4.78 is 15.7.